The Hall–Kier alpha value is -4.25. The third kappa shape index (κ3) is 2.99. The van der Waals surface area contributed by atoms with Gasteiger partial charge in [0.2, 0.25) is 0 Å². The van der Waals surface area contributed by atoms with Crippen LogP contribution in [0.3, 0.4) is 0 Å². The van der Waals surface area contributed by atoms with E-state index in [0.29, 0.717) is 22.7 Å². The van der Waals surface area contributed by atoms with Gasteiger partial charge in [-0.05, 0) is 47.9 Å². The van der Waals surface area contributed by atoms with Crippen LogP contribution in [0.25, 0.3) is 16.8 Å². The quantitative estimate of drug-likeness (QED) is 0.412. The summed E-state index contributed by atoms with van der Waals surface area (Å²) in [5, 5.41) is 11.5. The molecule has 0 fully saturated rings. The van der Waals surface area contributed by atoms with Crippen LogP contribution in [-0.2, 0) is 5.60 Å². The van der Waals surface area contributed by atoms with Gasteiger partial charge in [0, 0.05) is 33.5 Å². The van der Waals surface area contributed by atoms with E-state index in [1.54, 1.807) is 6.07 Å². The molecule has 0 bridgehead atoms. The Morgan fingerprint density at radius 3 is 2.00 bits per heavy atom. The fourth-order valence-corrected chi connectivity index (χ4v) is 4.12. The lowest BCUT2D eigenvalue weighted by Gasteiger charge is -2.37. The van der Waals surface area contributed by atoms with Crippen LogP contribution in [0.1, 0.15) is 27.0 Å². The van der Waals surface area contributed by atoms with Gasteiger partial charge in [0.1, 0.15) is 5.75 Å². The third-order valence-electron chi connectivity index (χ3n) is 5.70. The summed E-state index contributed by atoms with van der Waals surface area (Å²) < 4.78 is 6.74. The van der Waals surface area contributed by atoms with Crippen molar-refractivity contribution in [2.75, 3.05) is 11.5 Å². The molecule has 4 aromatic carbocycles. The molecule has 0 aliphatic carbocycles. The minimum atomic E-state index is -0.997. The van der Waals surface area contributed by atoms with Gasteiger partial charge in [-0.2, -0.15) is 0 Å². The van der Waals surface area contributed by atoms with E-state index in [1.165, 1.54) is 0 Å². The van der Waals surface area contributed by atoms with Crippen molar-refractivity contribution in [1.29, 1.82) is 0 Å². The van der Waals surface area contributed by atoms with E-state index in [9.17, 15) is 9.90 Å². The van der Waals surface area contributed by atoms with Gasteiger partial charge in [-0.25, -0.2) is 4.79 Å². The lowest BCUT2D eigenvalue weighted by Crippen LogP contribution is -2.34. The number of hydrogen-bond donors (Lipinski definition) is 3. The molecule has 1 aliphatic heterocycles. The summed E-state index contributed by atoms with van der Waals surface area (Å²) in [6, 6.07) is 24.3. The van der Waals surface area contributed by atoms with Crippen molar-refractivity contribution in [3.8, 4) is 5.75 Å². The number of aromatic carboxylic acids is 1. The maximum absolute atomic E-state index is 12.0. The molecule has 5 heteroatoms. The summed E-state index contributed by atoms with van der Waals surface area (Å²) in [5.74, 6) is -0.464. The zero-order valence-electron chi connectivity index (χ0n) is 16.6. The van der Waals surface area contributed by atoms with E-state index in [4.69, 9.17) is 16.2 Å². The molecule has 31 heavy (non-hydrogen) atoms. The standard InChI is InChI=1S/C26H20N2O3/c27-19-9-5-17(6-10-19)26(18-7-11-20(28)12-8-18)14-13-22-23(25(29)30)15-16-3-1-2-4-21(16)24(22)31-26/h1-15H,27-28H2,(H,29,30). The molecule has 0 aromatic heterocycles. The lowest BCUT2D eigenvalue weighted by molar-refractivity contribution is 0.0695. The predicted molar refractivity (Wildman–Crippen MR) is 123 cm³/mol. The van der Waals surface area contributed by atoms with E-state index in [1.807, 2.05) is 84.9 Å². The molecule has 0 amide bonds. The molecular formula is C26H20N2O3. The number of nitrogens with two attached hydrogens (primary N) is 2. The largest absolute Gasteiger partial charge is 0.478 e. The molecule has 0 saturated carbocycles. The second-order valence-electron chi connectivity index (χ2n) is 7.61. The van der Waals surface area contributed by atoms with Gasteiger partial charge in [0.15, 0.2) is 5.60 Å². The topological polar surface area (TPSA) is 98.6 Å². The maximum atomic E-state index is 12.0. The lowest BCUT2D eigenvalue weighted by atomic mass is 9.82. The van der Waals surface area contributed by atoms with Crippen molar-refractivity contribution in [3.05, 3.63) is 107 Å². The zero-order chi connectivity index (χ0) is 21.6. The number of benzene rings is 4. The number of carboxylic acids is 1. The highest BCUT2D eigenvalue weighted by Crippen LogP contribution is 2.46. The molecule has 5 nitrogen and oxygen atoms in total. The highest BCUT2D eigenvalue weighted by molar-refractivity contribution is 6.03. The van der Waals surface area contributed by atoms with Crippen LogP contribution in [0, 0.1) is 0 Å². The van der Waals surface area contributed by atoms with Crippen LogP contribution in [0.5, 0.6) is 5.75 Å². The Bertz CT molecular complexity index is 1290. The number of carboxylic acid groups (broad SMARTS) is 1. The van der Waals surface area contributed by atoms with Crippen LogP contribution in [0.15, 0.2) is 84.9 Å². The van der Waals surface area contributed by atoms with Gasteiger partial charge in [-0.15, -0.1) is 0 Å². The fraction of sp³-hybridized carbons (Fsp3) is 0.0385. The van der Waals surface area contributed by atoms with Gasteiger partial charge >= 0.3 is 5.97 Å². The smallest absolute Gasteiger partial charge is 0.336 e. The van der Waals surface area contributed by atoms with Crippen LogP contribution in [0.2, 0.25) is 0 Å². The number of hydrogen-bond acceptors (Lipinski definition) is 4. The number of rotatable bonds is 3. The first-order valence-corrected chi connectivity index (χ1v) is 9.87. The highest BCUT2D eigenvalue weighted by Gasteiger charge is 2.38. The Labute approximate surface area is 179 Å². The average molecular weight is 408 g/mol. The number of fused-ring (bicyclic) bond motifs is 3. The van der Waals surface area contributed by atoms with Gasteiger partial charge in [0.25, 0.3) is 0 Å². The first-order valence-electron chi connectivity index (χ1n) is 9.87. The second kappa shape index (κ2) is 6.92. The van der Waals surface area contributed by atoms with Gasteiger partial charge in [0.05, 0.1) is 5.56 Å². The van der Waals surface area contributed by atoms with Crippen LogP contribution in [-0.4, -0.2) is 11.1 Å². The third-order valence-corrected chi connectivity index (χ3v) is 5.70. The van der Waals surface area contributed by atoms with Crippen molar-refractivity contribution in [2.24, 2.45) is 0 Å². The summed E-state index contributed by atoms with van der Waals surface area (Å²) in [7, 11) is 0. The number of carbonyl (C=O) groups is 1. The number of nitrogen functional groups attached to an aromatic ring is 2. The number of anilines is 2. The van der Waals surface area contributed by atoms with E-state index < -0.39 is 11.6 Å². The molecular weight excluding hydrogens is 388 g/mol. The molecule has 0 radical (unpaired) electrons. The Morgan fingerprint density at radius 1 is 0.839 bits per heavy atom. The van der Waals surface area contributed by atoms with Crippen molar-refractivity contribution in [3.63, 3.8) is 0 Å². The van der Waals surface area contributed by atoms with Crippen molar-refractivity contribution < 1.29 is 14.6 Å². The highest BCUT2D eigenvalue weighted by atomic mass is 16.5. The number of ether oxygens (including phenoxy) is 1. The SMILES string of the molecule is Nc1ccc(C2(c3ccc(N)cc3)C=Cc3c(C(=O)O)cc4ccccc4c3O2)cc1. The second-order valence-corrected chi connectivity index (χ2v) is 7.61. The van der Waals surface area contributed by atoms with Gasteiger partial charge < -0.3 is 21.3 Å². The van der Waals surface area contributed by atoms with Crippen molar-refractivity contribution >= 4 is 34.2 Å². The summed E-state index contributed by atoms with van der Waals surface area (Å²) in [4.78, 5) is 12.0. The fourth-order valence-electron chi connectivity index (χ4n) is 4.12. The predicted octanol–water partition coefficient (Wildman–Crippen LogP) is 5.05. The van der Waals surface area contributed by atoms with Gasteiger partial charge in [-0.1, -0.05) is 48.5 Å². The molecule has 4 aromatic rings. The first kappa shape index (κ1) is 18.8. The van der Waals surface area contributed by atoms with Crippen LogP contribution < -0.4 is 16.2 Å². The molecule has 0 saturated heterocycles. The molecule has 0 atom stereocenters. The normalized spacial score (nSPS) is 14.1. The van der Waals surface area contributed by atoms with Crippen molar-refractivity contribution in [2.45, 2.75) is 5.60 Å². The monoisotopic (exact) mass is 408 g/mol. The van der Waals surface area contributed by atoms with Gasteiger partial charge in [-0.3, -0.25) is 0 Å². The molecule has 1 aliphatic rings. The van der Waals surface area contributed by atoms with Crippen LogP contribution in [0.4, 0.5) is 11.4 Å². The van der Waals surface area contributed by atoms with E-state index >= 15 is 0 Å². The Balaban J connectivity index is 1.81. The molecule has 1 heterocycles. The van der Waals surface area contributed by atoms with E-state index in [2.05, 4.69) is 0 Å². The summed E-state index contributed by atoms with van der Waals surface area (Å²) in [6.45, 7) is 0. The molecule has 152 valence electrons. The van der Waals surface area contributed by atoms with Crippen LogP contribution >= 0.6 is 0 Å². The average Bonchev–Trinajstić information content (AvgIpc) is 2.79. The van der Waals surface area contributed by atoms with E-state index in [0.717, 1.165) is 21.9 Å². The minimum Gasteiger partial charge on any atom is -0.478 e. The summed E-state index contributed by atoms with van der Waals surface area (Å²) in [5.41, 5.74) is 14.7. The van der Waals surface area contributed by atoms with E-state index in [-0.39, 0.29) is 5.56 Å². The Morgan fingerprint density at radius 2 is 1.42 bits per heavy atom. The zero-order valence-corrected chi connectivity index (χ0v) is 16.6. The minimum absolute atomic E-state index is 0.202. The summed E-state index contributed by atoms with van der Waals surface area (Å²) in [6.07, 6.45) is 3.73. The Kier molecular flexibility index (Phi) is 4.19. The maximum Gasteiger partial charge on any atom is 0.336 e. The molecule has 0 unspecified atom stereocenters. The summed E-state index contributed by atoms with van der Waals surface area (Å²) >= 11 is 0. The molecule has 5 rings (SSSR count). The molecule has 5 N–H and O–H groups in total. The molecule has 0 spiro atoms. The van der Waals surface area contributed by atoms with Crippen molar-refractivity contribution in [1.82, 2.24) is 0 Å². The first-order chi connectivity index (χ1) is 15.0.